The van der Waals surface area contributed by atoms with Gasteiger partial charge in [-0.05, 0) is 41.9 Å². The molecule has 0 spiro atoms. The number of nitrogens with one attached hydrogen (secondary N) is 1. The third-order valence-corrected chi connectivity index (χ3v) is 3.39. The summed E-state index contributed by atoms with van der Waals surface area (Å²) in [7, 11) is 0. The molecule has 1 heterocycles. The van der Waals surface area contributed by atoms with Crippen LogP contribution in [-0.2, 0) is 11.2 Å². The summed E-state index contributed by atoms with van der Waals surface area (Å²) in [5.74, 6) is 0.758. The third-order valence-electron chi connectivity index (χ3n) is 3.39. The van der Waals surface area contributed by atoms with Crippen molar-refractivity contribution in [3.8, 4) is 5.75 Å². The highest BCUT2D eigenvalue weighted by atomic mass is 127. The molecule has 2 aromatic rings. The summed E-state index contributed by atoms with van der Waals surface area (Å²) in [4.78, 5) is 17.0. The molecule has 1 N–H and O–H groups in total. The maximum atomic E-state index is 11.8. The van der Waals surface area contributed by atoms with Gasteiger partial charge in [0.05, 0.1) is 5.92 Å². The molecule has 1 aliphatic rings. The smallest absolute Gasteiger partial charge is 0.314 e. The Morgan fingerprint density at radius 3 is 2.76 bits per heavy atom. The number of carbonyl (C=O) groups excluding carboxylic acids is 1. The Kier molecular flexibility index (Phi) is 8.00. The van der Waals surface area contributed by atoms with Gasteiger partial charge in [-0.15, -0.1) is 24.0 Å². The normalized spacial score (nSPS) is 13.1. The van der Waals surface area contributed by atoms with Crippen LogP contribution in [0.15, 0.2) is 24.4 Å². The summed E-state index contributed by atoms with van der Waals surface area (Å²) in [6, 6.07) is 5.82. The van der Waals surface area contributed by atoms with Gasteiger partial charge in [-0.1, -0.05) is 42.0 Å². The van der Waals surface area contributed by atoms with Crippen molar-refractivity contribution in [1.82, 2.24) is 4.98 Å². The van der Waals surface area contributed by atoms with E-state index >= 15 is 0 Å². The Balaban J connectivity index is 0.00000106. The standard InChI is InChI=1S/C15H17NO2.CH3I.HI.H2/c1-2-4-11-9-16-12-5-3-6-13(14(11)12)18-15(17)10-7-8-10;1-2;;/h3,5-6,9-10,16H,2,4,7-8H2,1H3;1H3;2*1H. The van der Waals surface area contributed by atoms with Crippen molar-refractivity contribution in [2.75, 3.05) is 4.93 Å². The highest BCUT2D eigenvalue weighted by molar-refractivity contribution is 14.1. The molecule has 0 unspecified atom stereocenters. The number of esters is 1. The second kappa shape index (κ2) is 8.97. The van der Waals surface area contributed by atoms with Crippen LogP contribution in [0, 0.1) is 5.92 Å². The topological polar surface area (TPSA) is 42.1 Å². The quantitative estimate of drug-likeness (QED) is 0.258. The third kappa shape index (κ3) is 4.58. The number of alkyl halides is 1. The maximum absolute atomic E-state index is 11.8. The van der Waals surface area contributed by atoms with Crippen LogP contribution in [0.5, 0.6) is 5.75 Å². The predicted molar refractivity (Wildman–Crippen MR) is 108 cm³/mol. The van der Waals surface area contributed by atoms with Gasteiger partial charge in [0, 0.05) is 18.5 Å². The number of carbonyl (C=O) groups is 1. The van der Waals surface area contributed by atoms with Crippen LogP contribution in [0.1, 0.15) is 33.2 Å². The molecule has 118 valence electrons. The zero-order valence-corrected chi connectivity index (χ0v) is 16.8. The van der Waals surface area contributed by atoms with Crippen LogP contribution in [0.4, 0.5) is 0 Å². The van der Waals surface area contributed by atoms with Gasteiger partial charge in [0.1, 0.15) is 5.75 Å². The van der Waals surface area contributed by atoms with Crippen LogP contribution in [-0.4, -0.2) is 15.9 Å². The van der Waals surface area contributed by atoms with Crippen molar-refractivity contribution >= 4 is 63.4 Å². The number of aromatic nitrogens is 1. The van der Waals surface area contributed by atoms with Gasteiger partial charge in [0.25, 0.3) is 0 Å². The van der Waals surface area contributed by atoms with Gasteiger partial charge < -0.3 is 9.72 Å². The van der Waals surface area contributed by atoms with E-state index in [0.717, 1.165) is 36.6 Å². The van der Waals surface area contributed by atoms with E-state index < -0.39 is 0 Å². The number of hydrogen-bond acceptors (Lipinski definition) is 2. The van der Waals surface area contributed by atoms with Crippen LogP contribution in [0.3, 0.4) is 0 Å². The first kappa shape index (κ1) is 18.7. The van der Waals surface area contributed by atoms with Gasteiger partial charge in [-0.2, -0.15) is 0 Å². The lowest BCUT2D eigenvalue weighted by atomic mass is 10.1. The average Bonchev–Trinajstić information content (AvgIpc) is 3.25. The van der Waals surface area contributed by atoms with Crippen molar-refractivity contribution in [3.63, 3.8) is 0 Å². The monoisotopic (exact) mass is 515 g/mol. The number of aromatic amines is 1. The Labute approximate surface area is 157 Å². The Hall–Kier alpha value is -0.310. The van der Waals surface area contributed by atoms with Crippen molar-refractivity contribution in [1.29, 1.82) is 0 Å². The highest BCUT2D eigenvalue weighted by Crippen LogP contribution is 2.34. The Morgan fingerprint density at radius 1 is 1.43 bits per heavy atom. The van der Waals surface area contributed by atoms with E-state index in [4.69, 9.17) is 4.74 Å². The molecule has 1 aliphatic carbocycles. The molecule has 1 saturated carbocycles. The number of H-pyrrole nitrogens is 1. The molecule has 0 bridgehead atoms. The van der Waals surface area contributed by atoms with Crippen molar-refractivity contribution in [2.45, 2.75) is 32.6 Å². The predicted octanol–water partition coefficient (Wildman–Crippen LogP) is 5.35. The molecule has 1 fully saturated rings. The summed E-state index contributed by atoms with van der Waals surface area (Å²) in [5, 5.41) is 1.06. The van der Waals surface area contributed by atoms with Crippen LogP contribution >= 0.6 is 46.6 Å². The molecule has 5 heteroatoms. The molecule has 3 nitrogen and oxygen atoms in total. The Bertz CT molecular complexity index is 597. The molecule has 3 rings (SSSR count). The molecule has 0 radical (unpaired) electrons. The van der Waals surface area contributed by atoms with E-state index in [1.165, 1.54) is 5.56 Å². The zero-order chi connectivity index (χ0) is 14.5. The maximum Gasteiger partial charge on any atom is 0.314 e. The van der Waals surface area contributed by atoms with Crippen LogP contribution in [0.2, 0.25) is 0 Å². The molecule has 0 saturated heterocycles. The number of benzene rings is 1. The lowest BCUT2D eigenvalue weighted by Gasteiger charge is -2.06. The van der Waals surface area contributed by atoms with E-state index in [-0.39, 0.29) is 37.3 Å². The van der Waals surface area contributed by atoms with Gasteiger partial charge >= 0.3 is 5.97 Å². The minimum atomic E-state index is -0.0776. The summed E-state index contributed by atoms with van der Waals surface area (Å²) in [6.45, 7) is 2.15. The first-order valence-electron chi connectivity index (χ1n) is 6.98. The number of halogens is 2. The fraction of sp³-hybridized carbons (Fsp3) is 0.438. The zero-order valence-electron chi connectivity index (χ0n) is 12.3. The number of hydrogen-bond donors (Lipinski definition) is 1. The fourth-order valence-electron chi connectivity index (χ4n) is 2.28. The number of aryl methyl sites for hydroxylation is 1. The largest absolute Gasteiger partial charge is 0.426 e. The number of rotatable bonds is 4. The van der Waals surface area contributed by atoms with Crippen molar-refractivity contribution in [3.05, 3.63) is 30.0 Å². The average molecular weight is 515 g/mol. The fourth-order valence-corrected chi connectivity index (χ4v) is 2.28. The van der Waals surface area contributed by atoms with Crippen molar-refractivity contribution in [2.24, 2.45) is 5.92 Å². The summed E-state index contributed by atoms with van der Waals surface area (Å²) in [6.07, 6.45) is 6.05. The second-order valence-electron chi connectivity index (χ2n) is 4.94. The second-order valence-corrected chi connectivity index (χ2v) is 4.94. The molecular formula is C16H23I2NO2. The van der Waals surface area contributed by atoms with Gasteiger partial charge in [-0.3, -0.25) is 4.79 Å². The summed E-state index contributed by atoms with van der Waals surface area (Å²) < 4.78 is 5.54. The molecular weight excluding hydrogens is 492 g/mol. The van der Waals surface area contributed by atoms with E-state index in [2.05, 4.69) is 34.5 Å². The van der Waals surface area contributed by atoms with Crippen LogP contribution in [0.25, 0.3) is 10.9 Å². The van der Waals surface area contributed by atoms with Crippen LogP contribution < -0.4 is 4.74 Å². The van der Waals surface area contributed by atoms with E-state index in [1.807, 2.05) is 29.3 Å². The molecule has 21 heavy (non-hydrogen) atoms. The SMILES string of the molecule is CCCc1c[nH]c2cccc(OC(=O)C3CC3)c12.CI.I.[HH]. The van der Waals surface area contributed by atoms with Crippen molar-refractivity contribution < 1.29 is 11.0 Å². The Morgan fingerprint density at radius 2 is 2.14 bits per heavy atom. The van der Waals surface area contributed by atoms with Gasteiger partial charge in [-0.25, -0.2) is 0 Å². The summed E-state index contributed by atoms with van der Waals surface area (Å²) in [5.41, 5.74) is 2.27. The van der Waals surface area contributed by atoms with E-state index in [9.17, 15) is 4.79 Å². The number of fused-ring (bicyclic) bond motifs is 1. The van der Waals surface area contributed by atoms with Gasteiger partial charge in [0.2, 0.25) is 0 Å². The lowest BCUT2D eigenvalue weighted by Crippen LogP contribution is -2.10. The first-order chi connectivity index (χ1) is 9.79. The molecule has 1 aromatic carbocycles. The molecule has 0 atom stereocenters. The van der Waals surface area contributed by atoms with Gasteiger partial charge in [0.15, 0.2) is 0 Å². The summed E-state index contributed by atoms with van der Waals surface area (Å²) >= 11 is 2.15. The highest BCUT2D eigenvalue weighted by Gasteiger charge is 2.32. The van der Waals surface area contributed by atoms with E-state index in [0.29, 0.717) is 5.75 Å². The first-order valence-corrected chi connectivity index (χ1v) is 9.14. The van der Waals surface area contributed by atoms with E-state index in [1.54, 1.807) is 0 Å². The molecule has 1 aromatic heterocycles. The molecule has 0 amide bonds. The minimum absolute atomic E-state index is 0. The lowest BCUT2D eigenvalue weighted by molar-refractivity contribution is -0.135. The molecule has 0 aliphatic heterocycles. The number of ether oxygens (including phenoxy) is 1. The minimum Gasteiger partial charge on any atom is -0.426 e.